The number of methoxy groups -OCH3 is 2. The Morgan fingerprint density at radius 2 is 2.00 bits per heavy atom. The average Bonchev–Trinajstić information content (AvgIpc) is 2.26. The van der Waals surface area contributed by atoms with Gasteiger partial charge in [0, 0.05) is 25.9 Å². The largest absolute Gasteiger partial charge is 0.380 e. The Bertz CT molecular complexity index is 179. The molecule has 0 N–H and O–H groups in total. The summed E-state index contributed by atoms with van der Waals surface area (Å²) in [5.41, 5.74) is 0. The molecule has 1 fully saturated rings. The van der Waals surface area contributed by atoms with E-state index in [0.717, 1.165) is 12.8 Å². The molecule has 90 valence electrons. The molecule has 2 unspecified atom stereocenters. The molecule has 1 aliphatic carbocycles. The van der Waals surface area contributed by atoms with Gasteiger partial charge in [-0.3, -0.25) is 0 Å². The Morgan fingerprint density at radius 1 is 1.33 bits per heavy atom. The van der Waals surface area contributed by atoms with Gasteiger partial charge < -0.3 is 13.9 Å². The summed E-state index contributed by atoms with van der Waals surface area (Å²) in [5.74, 6) is -0.197. The Labute approximate surface area is 101 Å². The first-order chi connectivity index (χ1) is 7.15. The van der Waals surface area contributed by atoms with E-state index < -0.39 is 5.97 Å². The molecule has 3 nitrogen and oxygen atoms in total. The van der Waals surface area contributed by atoms with Crippen LogP contribution in [0.25, 0.3) is 0 Å². The molecule has 0 radical (unpaired) electrons. The third kappa shape index (κ3) is 3.74. The van der Waals surface area contributed by atoms with Gasteiger partial charge in [-0.2, -0.15) is 12.6 Å². The smallest absolute Gasteiger partial charge is 0.272 e. The minimum atomic E-state index is -0.804. The standard InChI is InChI=1S/C10H22O3SSi/c1-11-10(12-2,13-15)7-8-4-3-5-9(14)6-8/h8-9,14H,3-7H2,1-2,15H3. The van der Waals surface area contributed by atoms with Crippen LogP contribution in [0.4, 0.5) is 0 Å². The Balaban J connectivity index is 2.49. The summed E-state index contributed by atoms with van der Waals surface area (Å²) >= 11 is 4.54. The third-order valence-electron chi connectivity index (χ3n) is 3.23. The van der Waals surface area contributed by atoms with E-state index in [-0.39, 0.29) is 0 Å². The van der Waals surface area contributed by atoms with Crippen LogP contribution in [0, 0.1) is 5.92 Å². The van der Waals surface area contributed by atoms with Crippen LogP contribution in [0.3, 0.4) is 0 Å². The molecule has 0 saturated heterocycles. The van der Waals surface area contributed by atoms with Gasteiger partial charge in [-0.1, -0.05) is 12.8 Å². The van der Waals surface area contributed by atoms with E-state index >= 15 is 0 Å². The van der Waals surface area contributed by atoms with E-state index in [0.29, 0.717) is 21.7 Å². The van der Waals surface area contributed by atoms with Crippen molar-refractivity contribution in [3.63, 3.8) is 0 Å². The fourth-order valence-corrected chi connectivity index (χ4v) is 3.28. The summed E-state index contributed by atoms with van der Waals surface area (Å²) < 4.78 is 16.1. The van der Waals surface area contributed by atoms with E-state index in [2.05, 4.69) is 12.6 Å². The van der Waals surface area contributed by atoms with Gasteiger partial charge in [0.1, 0.15) is 0 Å². The first-order valence-corrected chi connectivity index (χ1v) is 6.82. The van der Waals surface area contributed by atoms with Crippen molar-refractivity contribution >= 4 is 23.1 Å². The molecule has 15 heavy (non-hydrogen) atoms. The summed E-state index contributed by atoms with van der Waals surface area (Å²) in [4.78, 5) is 0. The minimum absolute atomic E-state index is 0.532. The maximum absolute atomic E-state index is 5.44. The highest BCUT2D eigenvalue weighted by atomic mass is 32.1. The van der Waals surface area contributed by atoms with Crippen LogP contribution in [-0.4, -0.2) is 35.9 Å². The lowest BCUT2D eigenvalue weighted by Crippen LogP contribution is -2.39. The zero-order valence-electron chi connectivity index (χ0n) is 9.86. The van der Waals surface area contributed by atoms with Crippen LogP contribution >= 0.6 is 12.6 Å². The summed E-state index contributed by atoms with van der Waals surface area (Å²) in [6.45, 7) is 0. The second-order valence-electron chi connectivity index (χ2n) is 4.19. The molecule has 5 heteroatoms. The van der Waals surface area contributed by atoms with E-state index in [9.17, 15) is 0 Å². The van der Waals surface area contributed by atoms with Crippen molar-refractivity contribution < 1.29 is 13.9 Å². The van der Waals surface area contributed by atoms with Crippen molar-refractivity contribution in [2.75, 3.05) is 14.2 Å². The van der Waals surface area contributed by atoms with Gasteiger partial charge in [0.25, 0.3) is 5.97 Å². The lowest BCUT2D eigenvalue weighted by Gasteiger charge is -2.35. The molecule has 0 bridgehead atoms. The van der Waals surface area contributed by atoms with Crippen molar-refractivity contribution in [2.24, 2.45) is 5.92 Å². The number of hydrogen-bond acceptors (Lipinski definition) is 4. The first kappa shape index (κ1) is 13.5. The number of rotatable bonds is 5. The van der Waals surface area contributed by atoms with Crippen LogP contribution in [0.1, 0.15) is 32.1 Å². The quantitative estimate of drug-likeness (QED) is 0.450. The van der Waals surface area contributed by atoms with Gasteiger partial charge in [-0.25, -0.2) is 0 Å². The molecule has 1 saturated carbocycles. The fourth-order valence-electron chi connectivity index (χ4n) is 2.30. The Hall–Kier alpha value is 0.447. The number of thiol groups is 1. The summed E-state index contributed by atoms with van der Waals surface area (Å²) in [7, 11) is 3.90. The Morgan fingerprint density at radius 3 is 2.47 bits per heavy atom. The predicted octanol–water partition coefficient (Wildman–Crippen LogP) is 1.11. The first-order valence-electron chi connectivity index (χ1n) is 5.49. The third-order valence-corrected chi connectivity index (χ3v) is 4.32. The van der Waals surface area contributed by atoms with Crippen molar-refractivity contribution in [3.8, 4) is 0 Å². The molecular weight excluding hydrogens is 228 g/mol. The summed E-state index contributed by atoms with van der Waals surface area (Å²) in [5, 5.41) is 0.532. The highest BCUT2D eigenvalue weighted by molar-refractivity contribution is 7.80. The van der Waals surface area contributed by atoms with Gasteiger partial charge >= 0.3 is 0 Å². The molecule has 1 rings (SSSR count). The lowest BCUT2D eigenvalue weighted by molar-refractivity contribution is -0.330. The van der Waals surface area contributed by atoms with Gasteiger partial charge in [0.05, 0.1) is 0 Å². The second kappa shape index (κ2) is 6.25. The normalized spacial score (nSPS) is 28.2. The molecular formula is C10H22O3SSi. The molecule has 0 aromatic carbocycles. The topological polar surface area (TPSA) is 27.7 Å². The van der Waals surface area contributed by atoms with E-state index in [1.54, 1.807) is 14.2 Å². The van der Waals surface area contributed by atoms with Crippen LogP contribution in [0.2, 0.25) is 0 Å². The molecule has 0 aromatic heterocycles. The van der Waals surface area contributed by atoms with E-state index in [4.69, 9.17) is 13.9 Å². The maximum Gasteiger partial charge on any atom is 0.272 e. The Kier molecular flexibility index (Phi) is 5.63. The lowest BCUT2D eigenvalue weighted by atomic mass is 9.86. The minimum Gasteiger partial charge on any atom is -0.380 e. The van der Waals surface area contributed by atoms with Gasteiger partial charge in [0.2, 0.25) is 0 Å². The molecule has 0 aliphatic heterocycles. The van der Waals surface area contributed by atoms with Crippen LogP contribution in [-0.2, 0) is 13.9 Å². The zero-order valence-corrected chi connectivity index (χ0v) is 12.8. The van der Waals surface area contributed by atoms with E-state index in [1.165, 1.54) is 19.3 Å². The molecule has 0 heterocycles. The SMILES string of the molecule is COC(CC1CCCC(S)C1)(OC)O[SiH3]. The van der Waals surface area contributed by atoms with Gasteiger partial charge in [0.15, 0.2) is 10.5 Å². The zero-order chi connectivity index (χ0) is 11.3. The van der Waals surface area contributed by atoms with Crippen LogP contribution in [0.5, 0.6) is 0 Å². The van der Waals surface area contributed by atoms with Crippen molar-refractivity contribution in [3.05, 3.63) is 0 Å². The highest BCUT2D eigenvalue weighted by Gasteiger charge is 2.34. The molecule has 0 aromatic rings. The highest BCUT2D eigenvalue weighted by Crippen LogP contribution is 2.34. The molecule has 0 amide bonds. The van der Waals surface area contributed by atoms with Gasteiger partial charge in [-0.05, 0) is 18.8 Å². The van der Waals surface area contributed by atoms with Crippen molar-refractivity contribution in [1.29, 1.82) is 0 Å². The van der Waals surface area contributed by atoms with E-state index in [1.807, 2.05) is 0 Å². The summed E-state index contributed by atoms with van der Waals surface area (Å²) in [6.07, 6.45) is 5.68. The monoisotopic (exact) mass is 250 g/mol. The number of ether oxygens (including phenoxy) is 2. The number of hydrogen-bond donors (Lipinski definition) is 1. The fraction of sp³-hybridized carbons (Fsp3) is 1.00. The maximum atomic E-state index is 5.44. The van der Waals surface area contributed by atoms with Crippen LogP contribution in [0.15, 0.2) is 0 Å². The second-order valence-corrected chi connectivity index (χ2v) is 5.32. The van der Waals surface area contributed by atoms with Crippen molar-refractivity contribution in [2.45, 2.75) is 43.3 Å². The molecule has 0 spiro atoms. The average molecular weight is 250 g/mol. The summed E-state index contributed by atoms with van der Waals surface area (Å²) in [6, 6.07) is 0. The van der Waals surface area contributed by atoms with Crippen LogP contribution < -0.4 is 0 Å². The molecule has 1 aliphatic rings. The predicted molar refractivity (Wildman–Crippen MR) is 67.1 cm³/mol. The van der Waals surface area contributed by atoms with Crippen molar-refractivity contribution in [1.82, 2.24) is 0 Å². The molecule has 2 atom stereocenters. The van der Waals surface area contributed by atoms with Gasteiger partial charge in [-0.15, -0.1) is 0 Å².